The smallest absolute Gasteiger partial charge is 0.261 e. The van der Waals surface area contributed by atoms with Crippen LogP contribution in [0.15, 0.2) is 65.6 Å². The lowest BCUT2D eigenvalue weighted by molar-refractivity contribution is 0.102. The molecule has 5 heteroatoms. The summed E-state index contributed by atoms with van der Waals surface area (Å²) in [4.78, 5) is 30.0. The van der Waals surface area contributed by atoms with Crippen LogP contribution in [-0.4, -0.2) is 15.5 Å². The molecular weight excluding hydrogens is 338 g/mol. The number of pyridine rings is 2. The van der Waals surface area contributed by atoms with Crippen molar-refractivity contribution in [2.75, 3.05) is 5.32 Å². The number of nitrogens with zero attached hydrogens (tertiary/aromatic N) is 2. The van der Waals surface area contributed by atoms with Crippen LogP contribution in [0.25, 0.3) is 0 Å². The molecule has 138 valence electrons. The summed E-state index contributed by atoms with van der Waals surface area (Å²) in [6.45, 7) is 4.45. The average Bonchev–Trinajstić information content (AvgIpc) is 2.66. The van der Waals surface area contributed by atoms with Crippen LogP contribution in [0.1, 0.15) is 40.8 Å². The number of aromatic nitrogens is 2. The molecule has 0 atom stereocenters. The molecule has 0 radical (unpaired) electrons. The summed E-state index contributed by atoms with van der Waals surface area (Å²) in [6, 6.07) is 16.4. The van der Waals surface area contributed by atoms with Crippen molar-refractivity contribution < 1.29 is 4.79 Å². The molecule has 0 aliphatic heterocycles. The molecule has 1 amide bonds. The molecule has 5 nitrogen and oxygen atoms in total. The Kier molecular flexibility index (Phi) is 5.81. The van der Waals surface area contributed by atoms with Crippen molar-refractivity contribution >= 4 is 11.6 Å². The average molecular weight is 361 g/mol. The van der Waals surface area contributed by atoms with Crippen molar-refractivity contribution in [3.05, 3.63) is 93.7 Å². The van der Waals surface area contributed by atoms with Crippen LogP contribution in [0.5, 0.6) is 0 Å². The van der Waals surface area contributed by atoms with Crippen molar-refractivity contribution in [1.29, 1.82) is 0 Å². The number of rotatable bonds is 6. The number of carbonyl (C=O) groups is 1. The van der Waals surface area contributed by atoms with E-state index in [2.05, 4.69) is 10.3 Å². The molecule has 2 heterocycles. The van der Waals surface area contributed by atoms with Gasteiger partial charge in [0, 0.05) is 29.3 Å². The molecule has 1 N–H and O–H groups in total. The first-order valence-electron chi connectivity index (χ1n) is 9.09. The highest BCUT2D eigenvalue weighted by Gasteiger charge is 2.20. The molecule has 0 unspecified atom stereocenters. The van der Waals surface area contributed by atoms with E-state index in [4.69, 9.17) is 0 Å². The number of hydrogen-bond acceptors (Lipinski definition) is 3. The second kappa shape index (κ2) is 8.45. The zero-order chi connectivity index (χ0) is 19.2. The van der Waals surface area contributed by atoms with E-state index >= 15 is 0 Å². The molecule has 3 rings (SSSR count). The van der Waals surface area contributed by atoms with E-state index in [0.29, 0.717) is 18.7 Å². The SMILES string of the molecule is CCCc1c(C(=O)Nc2ccccc2)c(=O)cc(C)n1Cc1ccccn1. The van der Waals surface area contributed by atoms with Crippen LogP contribution in [-0.2, 0) is 13.0 Å². The quantitative estimate of drug-likeness (QED) is 0.726. The minimum absolute atomic E-state index is 0.210. The topological polar surface area (TPSA) is 64.0 Å². The number of amides is 1. The second-order valence-electron chi connectivity index (χ2n) is 6.45. The van der Waals surface area contributed by atoms with E-state index in [1.165, 1.54) is 6.07 Å². The molecule has 0 bridgehead atoms. The zero-order valence-electron chi connectivity index (χ0n) is 15.6. The Morgan fingerprint density at radius 1 is 1.11 bits per heavy atom. The van der Waals surface area contributed by atoms with E-state index < -0.39 is 0 Å². The number of aryl methyl sites for hydroxylation is 1. The molecule has 27 heavy (non-hydrogen) atoms. The number of anilines is 1. The molecule has 0 saturated carbocycles. The lowest BCUT2D eigenvalue weighted by Crippen LogP contribution is -2.28. The molecule has 2 aromatic heterocycles. The maximum absolute atomic E-state index is 12.9. The number of para-hydroxylation sites is 1. The number of carbonyl (C=O) groups excluding carboxylic acids is 1. The monoisotopic (exact) mass is 361 g/mol. The van der Waals surface area contributed by atoms with Gasteiger partial charge >= 0.3 is 0 Å². The van der Waals surface area contributed by atoms with Crippen LogP contribution in [0.2, 0.25) is 0 Å². The van der Waals surface area contributed by atoms with Crippen LogP contribution in [0.3, 0.4) is 0 Å². The molecule has 0 fully saturated rings. The number of benzene rings is 1. The van der Waals surface area contributed by atoms with Gasteiger partial charge < -0.3 is 9.88 Å². The van der Waals surface area contributed by atoms with E-state index in [-0.39, 0.29) is 16.9 Å². The van der Waals surface area contributed by atoms with Crippen molar-refractivity contribution in [2.45, 2.75) is 33.2 Å². The van der Waals surface area contributed by atoms with E-state index in [1.807, 2.05) is 54.8 Å². The summed E-state index contributed by atoms with van der Waals surface area (Å²) in [5, 5.41) is 2.84. The standard InChI is InChI=1S/C22H23N3O2/c1-3-9-19-21(22(27)24-17-10-5-4-6-11-17)20(26)14-16(2)25(19)15-18-12-7-8-13-23-18/h4-8,10-14H,3,9,15H2,1-2H3,(H,24,27). The fourth-order valence-corrected chi connectivity index (χ4v) is 3.16. The van der Waals surface area contributed by atoms with Gasteiger partial charge in [0.2, 0.25) is 0 Å². The molecule has 0 saturated heterocycles. The molecule has 0 spiro atoms. The Bertz CT molecular complexity index is 980. The summed E-state index contributed by atoms with van der Waals surface area (Å²) >= 11 is 0. The van der Waals surface area contributed by atoms with Crippen molar-refractivity contribution in [2.24, 2.45) is 0 Å². The summed E-state index contributed by atoms with van der Waals surface area (Å²) in [5.41, 5.74) is 3.09. The Morgan fingerprint density at radius 3 is 2.52 bits per heavy atom. The normalized spacial score (nSPS) is 10.6. The molecular formula is C22H23N3O2. The molecule has 0 aliphatic carbocycles. The van der Waals surface area contributed by atoms with Gasteiger partial charge in [-0.15, -0.1) is 0 Å². The van der Waals surface area contributed by atoms with Gasteiger partial charge in [-0.2, -0.15) is 0 Å². The fraction of sp³-hybridized carbons (Fsp3) is 0.227. The van der Waals surface area contributed by atoms with Crippen LogP contribution < -0.4 is 10.7 Å². The Balaban J connectivity index is 2.05. The Morgan fingerprint density at radius 2 is 1.85 bits per heavy atom. The second-order valence-corrected chi connectivity index (χ2v) is 6.45. The third-order valence-electron chi connectivity index (χ3n) is 4.42. The lowest BCUT2D eigenvalue weighted by atomic mass is 10.1. The van der Waals surface area contributed by atoms with Gasteiger partial charge in [-0.25, -0.2) is 0 Å². The van der Waals surface area contributed by atoms with Crippen LogP contribution in [0, 0.1) is 6.92 Å². The third-order valence-corrected chi connectivity index (χ3v) is 4.42. The first kappa shape index (κ1) is 18.6. The first-order chi connectivity index (χ1) is 13.1. The number of hydrogen-bond donors (Lipinski definition) is 1. The van der Waals surface area contributed by atoms with Gasteiger partial charge in [0.25, 0.3) is 5.91 Å². The largest absolute Gasteiger partial charge is 0.342 e. The van der Waals surface area contributed by atoms with Gasteiger partial charge in [-0.1, -0.05) is 37.6 Å². The van der Waals surface area contributed by atoms with E-state index in [1.54, 1.807) is 18.3 Å². The third kappa shape index (κ3) is 4.31. The van der Waals surface area contributed by atoms with Gasteiger partial charge in [0.15, 0.2) is 5.43 Å². The maximum Gasteiger partial charge on any atom is 0.261 e. The minimum Gasteiger partial charge on any atom is -0.342 e. The zero-order valence-corrected chi connectivity index (χ0v) is 15.6. The molecule has 3 aromatic rings. The van der Waals surface area contributed by atoms with E-state index in [9.17, 15) is 9.59 Å². The minimum atomic E-state index is -0.371. The molecule has 0 aliphatic rings. The lowest BCUT2D eigenvalue weighted by Gasteiger charge is -2.19. The summed E-state index contributed by atoms with van der Waals surface area (Å²) in [6.07, 6.45) is 3.22. The van der Waals surface area contributed by atoms with Crippen molar-refractivity contribution in [3.8, 4) is 0 Å². The highest BCUT2D eigenvalue weighted by molar-refractivity contribution is 6.05. The highest BCUT2D eigenvalue weighted by atomic mass is 16.2. The Hall–Kier alpha value is -3.21. The predicted molar refractivity (Wildman–Crippen MR) is 107 cm³/mol. The van der Waals surface area contributed by atoms with Crippen molar-refractivity contribution in [1.82, 2.24) is 9.55 Å². The van der Waals surface area contributed by atoms with Gasteiger partial charge in [0.1, 0.15) is 5.56 Å². The van der Waals surface area contributed by atoms with Crippen molar-refractivity contribution in [3.63, 3.8) is 0 Å². The predicted octanol–water partition coefficient (Wildman–Crippen LogP) is 3.80. The van der Waals surface area contributed by atoms with E-state index in [0.717, 1.165) is 23.5 Å². The summed E-state index contributed by atoms with van der Waals surface area (Å²) in [7, 11) is 0. The Labute approximate surface area is 158 Å². The summed E-state index contributed by atoms with van der Waals surface area (Å²) in [5.74, 6) is -0.371. The highest BCUT2D eigenvalue weighted by Crippen LogP contribution is 2.16. The maximum atomic E-state index is 12.9. The van der Waals surface area contributed by atoms with Crippen LogP contribution in [0.4, 0.5) is 5.69 Å². The first-order valence-corrected chi connectivity index (χ1v) is 9.09. The van der Waals surface area contributed by atoms with Crippen LogP contribution >= 0.6 is 0 Å². The summed E-state index contributed by atoms with van der Waals surface area (Å²) < 4.78 is 2.02. The molecule has 1 aromatic carbocycles. The fourth-order valence-electron chi connectivity index (χ4n) is 3.16. The van der Waals surface area contributed by atoms with Gasteiger partial charge in [0.05, 0.1) is 12.2 Å². The number of nitrogens with one attached hydrogen (secondary N) is 1. The van der Waals surface area contributed by atoms with Gasteiger partial charge in [-0.3, -0.25) is 14.6 Å². The van der Waals surface area contributed by atoms with Gasteiger partial charge in [-0.05, 0) is 37.6 Å².